The number of esters is 1. The molecular weight excluding hydrogens is 431 g/mol. The lowest BCUT2D eigenvalue weighted by Gasteiger charge is -2.44. The number of fused-ring (bicyclic) bond motifs is 1. The molecule has 3 aliphatic rings. The summed E-state index contributed by atoms with van der Waals surface area (Å²) in [6.45, 7) is 11.3. The van der Waals surface area contributed by atoms with E-state index in [4.69, 9.17) is 4.74 Å². The van der Waals surface area contributed by atoms with Gasteiger partial charge in [0.2, 0.25) is 0 Å². The molecule has 3 rings (SSSR count). The highest BCUT2D eigenvalue weighted by atomic mass is 19.1. The third kappa shape index (κ3) is 6.40. The van der Waals surface area contributed by atoms with Gasteiger partial charge in [-0.3, -0.25) is 0 Å². The molecule has 3 fully saturated rings. The van der Waals surface area contributed by atoms with Gasteiger partial charge in [-0.25, -0.2) is 9.18 Å². The van der Waals surface area contributed by atoms with Gasteiger partial charge in [0, 0.05) is 5.92 Å². The van der Waals surface area contributed by atoms with Crippen LogP contribution in [0.3, 0.4) is 0 Å². The maximum absolute atomic E-state index is 13.1. The summed E-state index contributed by atoms with van der Waals surface area (Å²) in [5.41, 5.74) is 2.92. The normalized spacial score (nSPS) is 35.4. The molecule has 5 heteroatoms. The van der Waals surface area contributed by atoms with Crippen molar-refractivity contribution < 1.29 is 24.1 Å². The van der Waals surface area contributed by atoms with Crippen molar-refractivity contribution in [2.24, 2.45) is 23.2 Å². The van der Waals surface area contributed by atoms with Crippen molar-refractivity contribution in [3.8, 4) is 0 Å². The van der Waals surface area contributed by atoms with Crippen LogP contribution in [0.5, 0.6) is 0 Å². The van der Waals surface area contributed by atoms with Gasteiger partial charge in [0.1, 0.15) is 6.10 Å². The number of aliphatic hydroxyl groups excluding tert-OH is 1. The number of carbonyl (C=O) groups excluding carboxylic acids is 1. The Balaban J connectivity index is 1.84. The maximum atomic E-state index is 13.1. The summed E-state index contributed by atoms with van der Waals surface area (Å²) in [6.07, 6.45) is 12.6. The minimum absolute atomic E-state index is 0.0128. The van der Waals surface area contributed by atoms with Crippen LogP contribution >= 0.6 is 0 Å². The maximum Gasteiger partial charge on any atom is 0.337 e. The fraction of sp³-hybridized carbons (Fsp3) is 0.759. The van der Waals surface area contributed by atoms with E-state index in [0.717, 1.165) is 68.9 Å². The van der Waals surface area contributed by atoms with Crippen LogP contribution in [0, 0.1) is 23.2 Å². The van der Waals surface area contributed by atoms with Gasteiger partial charge in [0.25, 0.3) is 0 Å². The Hall–Kier alpha value is -1.46. The van der Waals surface area contributed by atoms with Crippen molar-refractivity contribution in [2.75, 3.05) is 6.67 Å². The number of aliphatic hydroxyl groups is 2. The van der Waals surface area contributed by atoms with Gasteiger partial charge in [-0.15, -0.1) is 0 Å². The molecule has 0 aromatic carbocycles. The molecule has 6 atom stereocenters. The summed E-state index contributed by atoms with van der Waals surface area (Å²) in [6, 6.07) is 0. The van der Waals surface area contributed by atoms with Crippen molar-refractivity contribution in [3.63, 3.8) is 0 Å². The highest BCUT2D eigenvalue weighted by Crippen LogP contribution is 2.60. The molecule has 0 aromatic rings. The van der Waals surface area contributed by atoms with E-state index in [-0.39, 0.29) is 23.5 Å². The second kappa shape index (κ2) is 11.1. The number of hydrogen-bond acceptors (Lipinski definition) is 4. The van der Waals surface area contributed by atoms with Gasteiger partial charge in [0.05, 0.1) is 11.7 Å². The third-order valence-electron chi connectivity index (χ3n) is 8.70. The van der Waals surface area contributed by atoms with Gasteiger partial charge >= 0.3 is 5.97 Å². The molecule has 3 aliphatic carbocycles. The number of ether oxygens (including phenoxy) is 1. The smallest absolute Gasteiger partial charge is 0.337 e. The molecule has 0 heterocycles. The zero-order valence-corrected chi connectivity index (χ0v) is 21.6. The summed E-state index contributed by atoms with van der Waals surface area (Å²) >= 11 is 0. The van der Waals surface area contributed by atoms with Crippen LogP contribution in [0.2, 0.25) is 0 Å². The molecule has 1 unspecified atom stereocenters. The van der Waals surface area contributed by atoms with E-state index in [0.29, 0.717) is 18.3 Å². The van der Waals surface area contributed by atoms with Crippen molar-refractivity contribution in [1.29, 1.82) is 0 Å². The molecule has 34 heavy (non-hydrogen) atoms. The van der Waals surface area contributed by atoms with Crippen LogP contribution in [0.15, 0.2) is 35.5 Å². The molecule has 192 valence electrons. The lowest BCUT2D eigenvalue weighted by molar-refractivity contribution is -0.154. The summed E-state index contributed by atoms with van der Waals surface area (Å²) in [5, 5.41) is 20.2. The zero-order valence-electron chi connectivity index (χ0n) is 21.6. The summed E-state index contributed by atoms with van der Waals surface area (Å²) in [4.78, 5) is 12.0. The van der Waals surface area contributed by atoms with E-state index in [9.17, 15) is 19.4 Å². The molecule has 3 saturated carbocycles. The van der Waals surface area contributed by atoms with Crippen molar-refractivity contribution in [1.82, 2.24) is 0 Å². The standard InChI is InChI=1S/C29H45FO4/c1-19-10-13-23(31)16-22(19)12-11-21-9-7-15-29(5)24(21)17-25(34-26(32)18-30)27(29)20(2)8-6-14-28(3,4)33/h11-12,20,23-25,27,31,33H,1,6-10,13-18H2,2-5H3/b21-11+,22-12+/t20-,23+,24+,25?,27+,29-/m1/s1. The Morgan fingerprint density at radius 3 is 2.76 bits per heavy atom. The van der Waals surface area contributed by atoms with Crippen molar-refractivity contribution in [2.45, 2.75) is 110 Å². The summed E-state index contributed by atoms with van der Waals surface area (Å²) < 4.78 is 18.8. The molecule has 2 N–H and O–H groups in total. The van der Waals surface area contributed by atoms with Crippen LogP contribution < -0.4 is 0 Å². The number of halogens is 1. The quantitative estimate of drug-likeness (QED) is 0.408. The van der Waals surface area contributed by atoms with Crippen molar-refractivity contribution >= 4 is 5.97 Å². The Kier molecular flexibility index (Phi) is 8.84. The average Bonchev–Trinajstić information content (AvgIpc) is 3.05. The third-order valence-corrected chi connectivity index (χ3v) is 8.70. The van der Waals surface area contributed by atoms with Crippen LogP contribution in [0.1, 0.15) is 91.9 Å². The van der Waals surface area contributed by atoms with E-state index >= 15 is 0 Å². The van der Waals surface area contributed by atoms with Gasteiger partial charge in [-0.1, -0.05) is 56.6 Å². The number of carbonyl (C=O) groups is 1. The number of alkyl halides is 1. The molecule has 0 aromatic heterocycles. The first kappa shape index (κ1) is 27.1. The summed E-state index contributed by atoms with van der Waals surface area (Å²) in [7, 11) is 0. The van der Waals surface area contributed by atoms with Gasteiger partial charge < -0.3 is 14.9 Å². The predicted molar refractivity (Wildman–Crippen MR) is 134 cm³/mol. The lowest BCUT2D eigenvalue weighted by atomic mass is 9.60. The van der Waals surface area contributed by atoms with Crippen LogP contribution in [-0.4, -0.2) is 40.7 Å². The first-order valence-corrected chi connectivity index (χ1v) is 13.2. The van der Waals surface area contributed by atoms with Crippen LogP contribution in [0.25, 0.3) is 0 Å². The molecular formula is C29H45FO4. The molecule has 0 spiro atoms. The highest BCUT2D eigenvalue weighted by molar-refractivity contribution is 5.70. The lowest BCUT2D eigenvalue weighted by Crippen LogP contribution is -2.39. The van der Waals surface area contributed by atoms with Crippen LogP contribution in [0.4, 0.5) is 4.39 Å². The monoisotopic (exact) mass is 476 g/mol. The second-order valence-corrected chi connectivity index (χ2v) is 12.0. The number of allylic oxidation sites excluding steroid dienone is 4. The average molecular weight is 477 g/mol. The Morgan fingerprint density at radius 2 is 2.09 bits per heavy atom. The van der Waals surface area contributed by atoms with Gasteiger partial charge in [0.15, 0.2) is 6.67 Å². The fourth-order valence-corrected chi connectivity index (χ4v) is 7.04. The predicted octanol–water partition coefficient (Wildman–Crippen LogP) is 6.23. The highest BCUT2D eigenvalue weighted by Gasteiger charge is 2.56. The Morgan fingerprint density at radius 1 is 1.35 bits per heavy atom. The molecule has 0 saturated heterocycles. The Labute approximate surface area is 205 Å². The fourth-order valence-electron chi connectivity index (χ4n) is 7.04. The number of hydrogen-bond donors (Lipinski definition) is 2. The molecule has 0 aliphatic heterocycles. The molecule has 0 bridgehead atoms. The molecule has 0 radical (unpaired) electrons. The van der Waals surface area contributed by atoms with E-state index in [1.54, 1.807) is 0 Å². The first-order valence-electron chi connectivity index (χ1n) is 13.2. The first-order chi connectivity index (χ1) is 15.9. The zero-order chi connectivity index (χ0) is 25.1. The van der Waals surface area contributed by atoms with Gasteiger partial charge in [-0.05, 0) is 88.0 Å². The van der Waals surface area contributed by atoms with Crippen LogP contribution in [-0.2, 0) is 9.53 Å². The van der Waals surface area contributed by atoms with Gasteiger partial charge in [-0.2, -0.15) is 0 Å². The minimum atomic E-state index is -1.09. The Bertz CT molecular complexity index is 807. The minimum Gasteiger partial charge on any atom is -0.460 e. The topological polar surface area (TPSA) is 66.8 Å². The second-order valence-electron chi connectivity index (χ2n) is 12.0. The largest absolute Gasteiger partial charge is 0.460 e. The van der Waals surface area contributed by atoms with E-state index < -0.39 is 18.2 Å². The van der Waals surface area contributed by atoms with E-state index in [2.05, 4.69) is 32.6 Å². The SMILES string of the molecule is C=C1CC[C@H](O)C/C1=C\C=C1/CCC[C@@]2(C)[C@@H]([C@H](C)CCCC(C)(C)O)C(OC(=O)CF)C[C@@H]12. The summed E-state index contributed by atoms with van der Waals surface area (Å²) in [5.74, 6) is -0.00142. The van der Waals surface area contributed by atoms with E-state index in [1.165, 1.54) is 5.57 Å². The van der Waals surface area contributed by atoms with Crippen molar-refractivity contribution in [3.05, 3.63) is 35.5 Å². The molecule has 4 nitrogen and oxygen atoms in total. The number of rotatable bonds is 8. The molecule has 0 amide bonds. The van der Waals surface area contributed by atoms with E-state index in [1.807, 2.05) is 13.8 Å².